The molecular weight excluding hydrogens is 192 g/mol. The molecule has 15 heavy (non-hydrogen) atoms. The van der Waals surface area contributed by atoms with E-state index in [1.165, 1.54) is 5.57 Å². The van der Waals surface area contributed by atoms with Crippen molar-refractivity contribution in [2.75, 3.05) is 6.61 Å². The van der Waals surface area contributed by atoms with Gasteiger partial charge in [-0.1, -0.05) is 25.5 Å². The molecule has 0 saturated carbocycles. The number of aliphatic hydroxyl groups is 1. The summed E-state index contributed by atoms with van der Waals surface area (Å²) in [5.74, 6) is -0.262. The van der Waals surface area contributed by atoms with Crippen LogP contribution in [0.5, 0.6) is 0 Å². The highest BCUT2D eigenvalue weighted by Crippen LogP contribution is 2.40. The minimum absolute atomic E-state index is 0.0445. The maximum atomic E-state index is 11.2. The Morgan fingerprint density at radius 3 is 2.60 bits per heavy atom. The van der Waals surface area contributed by atoms with Crippen LogP contribution in [0.25, 0.3) is 0 Å². The third-order valence-electron chi connectivity index (χ3n) is 3.43. The van der Waals surface area contributed by atoms with Gasteiger partial charge in [0.25, 0.3) is 0 Å². The minimum atomic E-state index is -0.768. The monoisotopic (exact) mass is 212 g/mol. The second-order valence-corrected chi connectivity index (χ2v) is 4.70. The summed E-state index contributed by atoms with van der Waals surface area (Å²) >= 11 is 0. The summed E-state index contributed by atoms with van der Waals surface area (Å²) in [5.41, 5.74) is 0.637. The molecule has 1 aliphatic carbocycles. The predicted molar refractivity (Wildman–Crippen MR) is 58.5 cm³/mol. The molecule has 86 valence electrons. The number of carbonyl (C=O) groups is 1. The summed E-state index contributed by atoms with van der Waals surface area (Å²) in [6.45, 7) is 4.22. The molecule has 0 bridgehead atoms. The minimum Gasteiger partial charge on any atom is -0.481 e. The smallest absolute Gasteiger partial charge is 0.310 e. The first-order valence-corrected chi connectivity index (χ1v) is 5.55. The van der Waals surface area contributed by atoms with Crippen molar-refractivity contribution in [3.05, 3.63) is 11.6 Å². The molecule has 0 aliphatic heterocycles. The van der Waals surface area contributed by atoms with Gasteiger partial charge in [-0.15, -0.1) is 0 Å². The van der Waals surface area contributed by atoms with Crippen molar-refractivity contribution in [1.29, 1.82) is 0 Å². The molecule has 0 amide bonds. The molecule has 1 atom stereocenters. The Bertz CT molecular complexity index is 268. The van der Waals surface area contributed by atoms with Crippen LogP contribution in [0.1, 0.15) is 39.5 Å². The van der Waals surface area contributed by atoms with E-state index < -0.39 is 11.4 Å². The standard InChI is InChI=1S/C12H20O3/c1-9(2)10-3-5-12(6-4-10,7-8-13)11(14)15/h3,9,13H,4-8H2,1-2H3,(H,14,15). The van der Waals surface area contributed by atoms with Gasteiger partial charge >= 0.3 is 5.97 Å². The van der Waals surface area contributed by atoms with Gasteiger partial charge in [0.05, 0.1) is 5.41 Å². The van der Waals surface area contributed by atoms with Gasteiger partial charge in [-0.25, -0.2) is 0 Å². The van der Waals surface area contributed by atoms with Crippen molar-refractivity contribution in [3.8, 4) is 0 Å². The van der Waals surface area contributed by atoms with Crippen LogP contribution in [-0.4, -0.2) is 22.8 Å². The summed E-state index contributed by atoms with van der Waals surface area (Å²) in [6, 6.07) is 0. The molecule has 1 unspecified atom stereocenters. The molecule has 2 N–H and O–H groups in total. The highest BCUT2D eigenvalue weighted by atomic mass is 16.4. The van der Waals surface area contributed by atoms with Crippen LogP contribution in [0.4, 0.5) is 0 Å². The Kier molecular flexibility index (Phi) is 3.91. The van der Waals surface area contributed by atoms with Crippen molar-refractivity contribution in [3.63, 3.8) is 0 Å². The first-order valence-electron chi connectivity index (χ1n) is 5.55. The van der Waals surface area contributed by atoms with Gasteiger partial charge < -0.3 is 10.2 Å². The zero-order chi connectivity index (χ0) is 11.5. The number of rotatable bonds is 4. The Hall–Kier alpha value is -0.830. The maximum absolute atomic E-state index is 11.2. The molecule has 1 aliphatic rings. The lowest BCUT2D eigenvalue weighted by Crippen LogP contribution is -2.34. The number of hydrogen-bond acceptors (Lipinski definition) is 2. The molecule has 0 radical (unpaired) electrons. The Balaban J connectivity index is 2.77. The average molecular weight is 212 g/mol. The number of hydrogen-bond donors (Lipinski definition) is 2. The summed E-state index contributed by atoms with van der Waals surface area (Å²) in [6.07, 6.45) is 4.50. The molecule has 1 rings (SSSR count). The van der Waals surface area contributed by atoms with Crippen LogP contribution in [0.15, 0.2) is 11.6 Å². The quantitative estimate of drug-likeness (QED) is 0.702. The van der Waals surface area contributed by atoms with E-state index in [1.807, 2.05) is 0 Å². The molecule has 3 heteroatoms. The van der Waals surface area contributed by atoms with E-state index in [4.69, 9.17) is 5.11 Å². The average Bonchev–Trinajstić information content (AvgIpc) is 2.18. The number of carboxylic acid groups (broad SMARTS) is 1. The predicted octanol–water partition coefficient (Wildman–Crippen LogP) is 2.21. The highest BCUT2D eigenvalue weighted by molar-refractivity contribution is 5.75. The third kappa shape index (κ3) is 2.59. The van der Waals surface area contributed by atoms with E-state index in [0.717, 1.165) is 6.42 Å². The van der Waals surface area contributed by atoms with Gasteiger partial charge in [0.2, 0.25) is 0 Å². The fourth-order valence-corrected chi connectivity index (χ4v) is 2.18. The fourth-order valence-electron chi connectivity index (χ4n) is 2.18. The fraction of sp³-hybridized carbons (Fsp3) is 0.750. The van der Waals surface area contributed by atoms with Crippen LogP contribution in [0.3, 0.4) is 0 Å². The van der Waals surface area contributed by atoms with E-state index in [-0.39, 0.29) is 6.61 Å². The maximum Gasteiger partial charge on any atom is 0.310 e. The third-order valence-corrected chi connectivity index (χ3v) is 3.43. The second-order valence-electron chi connectivity index (χ2n) is 4.70. The van der Waals surface area contributed by atoms with Crippen LogP contribution < -0.4 is 0 Å². The van der Waals surface area contributed by atoms with Crippen molar-refractivity contribution in [1.82, 2.24) is 0 Å². The lowest BCUT2D eigenvalue weighted by atomic mass is 9.71. The van der Waals surface area contributed by atoms with Crippen LogP contribution in [0, 0.1) is 11.3 Å². The summed E-state index contributed by atoms with van der Waals surface area (Å²) < 4.78 is 0. The highest BCUT2D eigenvalue weighted by Gasteiger charge is 2.38. The van der Waals surface area contributed by atoms with Crippen molar-refractivity contribution in [2.24, 2.45) is 11.3 Å². The summed E-state index contributed by atoms with van der Waals surface area (Å²) in [4.78, 5) is 11.2. The lowest BCUT2D eigenvalue weighted by molar-refractivity contribution is -0.150. The number of aliphatic carboxylic acids is 1. The molecule has 0 fully saturated rings. The lowest BCUT2D eigenvalue weighted by Gasteiger charge is -2.33. The van der Waals surface area contributed by atoms with Gasteiger partial charge in [-0.3, -0.25) is 4.79 Å². The Morgan fingerprint density at radius 2 is 2.27 bits per heavy atom. The number of allylic oxidation sites excluding steroid dienone is 2. The first kappa shape index (κ1) is 12.2. The molecule has 0 aromatic heterocycles. The largest absolute Gasteiger partial charge is 0.481 e. The van der Waals surface area contributed by atoms with Gasteiger partial charge in [0.15, 0.2) is 0 Å². The van der Waals surface area contributed by atoms with Crippen molar-refractivity contribution in [2.45, 2.75) is 39.5 Å². The second kappa shape index (κ2) is 4.79. The first-order chi connectivity index (χ1) is 7.02. The Morgan fingerprint density at radius 1 is 1.60 bits per heavy atom. The molecular formula is C12H20O3. The zero-order valence-corrected chi connectivity index (χ0v) is 9.49. The molecule has 0 spiro atoms. The Labute approximate surface area is 90.8 Å². The normalized spacial score (nSPS) is 26.5. The number of aliphatic hydroxyl groups excluding tert-OH is 1. The molecule has 0 saturated heterocycles. The summed E-state index contributed by atoms with van der Waals surface area (Å²) in [7, 11) is 0. The molecule has 0 aromatic carbocycles. The molecule has 3 nitrogen and oxygen atoms in total. The van der Waals surface area contributed by atoms with E-state index in [9.17, 15) is 9.90 Å². The van der Waals surface area contributed by atoms with Crippen molar-refractivity contribution >= 4 is 5.97 Å². The molecule has 0 aromatic rings. The van der Waals surface area contributed by atoms with E-state index in [2.05, 4.69) is 19.9 Å². The topological polar surface area (TPSA) is 57.5 Å². The number of carboxylic acids is 1. The molecule has 0 heterocycles. The van der Waals surface area contributed by atoms with Gasteiger partial charge in [-0.05, 0) is 31.6 Å². The van der Waals surface area contributed by atoms with Crippen LogP contribution in [-0.2, 0) is 4.79 Å². The van der Waals surface area contributed by atoms with E-state index in [1.54, 1.807) is 0 Å². The van der Waals surface area contributed by atoms with E-state index >= 15 is 0 Å². The van der Waals surface area contributed by atoms with Crippen molar-refractivity contribution < 1.29 is 15.0 Å². The van der Waals surface area contributed by atoms with Crippen LogP contribution >= 0.6 is 0 Å². The van der Waals surface area contributed by atoms with Crippen LogP contribution in [0.2, 0.25) is 0 Å². The van der Waals surface area contributed by atoms with E-state index in [0.29, 0.717) is 25.2 Å². The van der Waals surface area contributed by atoms with Gasteiger partial charge in [0, 0.05) is 6.61 Å². The van der Waals surface area contributed by atoms with Gasteiger partial charge in [-0.2, -0.15) is 0 Å². The van der Waals surface area contributed by atoms with Gasteiger partial charge in [0.1, 0.15) is 0 Å². The SMILES string of the molecule is CC(C)C1=CCC(CCO)(C(=O)O)CC1. The summed E-state index contributed by atoms with van der Waals surface area (Å²) in [5, 5.41) is 18.1. The zero-order valence-electron chi connectivity index (χ0n) is 9.49.